The number of nitrogens with zero attached hydrogens (tertiary/aromatic N) is 2. The fourth-order valence-corrected chi connectivity index (χ4v) is 4.01. The van der Waals surface area contributed by atoms with Gasteiger partial charge in [0.25, 0.3) is 0 Å². The fraction of sp³-hybridized carbons (Fsp3) is 0.350. The Bertz CT molecular complexity index is 1020. The molecular formula is C20H26F2IN5O2S. The van der Waals surface area contributed by atoms with Crippen molar-refractivity contribution in [3.8, 4) is 0 Å². The molecule has 1 aliphatic rings. The molecular weight excluding hydrogens is 539 g/mol. The molecule has 0 spiro atoms. The van der Waals surface area contributed by atoms with Crippen molar-refractivity contribution in [2.24, 2.45) is 4.99 Å². The van der Waals surface area contributed by atoms with Gasteiger partial charge in [0.15, 0.2) is 5.96 Å². The van der Waals surface area contributed by atoms with Crippen LogP contribution >= 0.6 is 24.0 Å². The number of sulfonamides is 1. The van der Waals surface area contributed by atoms with E-state index < -0.39 is 21.7 Å². The number of anilines is 2. The molecule has 31 heavy (non-hydrogen) atoms. The highest BCUT2D eigenvalue weighted by Crippen LogP contribution is 2.26. The molecule has 0 radical (unpaired) electrons. The van der Waals surface area contributed by atoms with Gasteiger partial charge in [0.05, 0.1) is 11.9 Å². The maximum Gasteiger partial charge on any atom is 0.229 e. The lowest BCUT2D eigenvalue weighted by atomic mass is 10.2. The maximum atomic E-state index is 14.0. The van der Waals surface area contributed by atoms with Gasteiger partial charge in [-0.15, -0.1) is 24.0 Å². The first-order chi connectivity index (χ1) is 14.3. The first kappa shape index (κ1) is 25.1. The van der Waals surface area contributed by atoms with Gasteiger partial charge in [-0.05, 0) is 30.2 Å². The zero-order chi connectivity index (χ0) is 21.7. The summed E-state index contributed by atoms with van der Waals surface area (Å²) in [7, 11) is -1.77. The van der Waals surface area contributed by atoms with Crippen molar-refractivity contribution < 1.29 is 17.2 Å². The van der Waals surface area contributed by atoms with Crippen molar-refractivity contribution in [1.29, 1.82) is 0 Å². The van der Waals surface area contributed by atoms with Crippen molar-refractivity contribution in [2.75, 3.05) is 36.0 Å². The van der Waals surface area contributed by atoms with Gasteiger partial charge in [-0.1, -0.05) is 24.3 Å². The van der Waals surface area contributed by atoms with E-state index in [1.54, 1.807) is 24.1 Å². The summed E-state index contributed by atoms with van der Waals surface area (Å²) in [6.45, 7) is 1.30. The van der Waals surface area contributed by atoms with E-state index in [0.29, 0.717) is 37.7 Å². The van der Waals surface area contributed by atoms with E-state index in [0.717, 1.165) is 11.8 Å². The second kappa shape index (κ2) is 10.9. The Morgan fingerprint density at radius 1 is 1.16 bits per heavy atom. The molecule has 1 aliphatic heterocycles. The quantitative estimate of drug-likeness (QED) is 0.285. The van der Waals surface area contributed by atoms with E-state index >= 15 is 0 Å². The summed E-state index contributed by atoms with van der Waals surface area (Å²) >= 11 is 0. The molecule has 2 aromatic rings. The molecule has 170 valence electrons. The lowest BCUT2D eigenvalue weighted by molar-refractivity contribution is 0.576. The zero-order valence-corrected chi connectivity index (χ0v) is 20.4. The van der Waals surface area contributed by atoms with E-state index in [4.69, 9.17) is 0 Å². The van der Waals surface area contributed by atoms with Gasteiger partial charge in [-0.25, -0.2) is 17.2 Å². The van der Waals surface area contributed by atoms with Crippen molar-refractivity contribution in [3.05, 3.63) is 59.7 Å². The Balaban J connectivity index is 0.00000341. The summed E-state index contributed by atoms with van der Waals surface area (Å²) < 4.78 is 53.7. The first-order valence-corrected chi connectivity index (χ1v) is 11.4. The Labute approximate surface area is 198 Å². The van der Waals surface area contributed by atoms with Crippen molar-refractivity contribution >= 4 is 51.3 Å². The van der Waals surface area contributed by atoms with Gasteiger partial charge in [0.1, 0.15) is 17.3 Å². The third-order valence-corrected chi connectivity index (χ3v) is 5.36. The molecule has 1 saturated heterocycles. The molecule has 2 aromatic carbocycles. The number of nitrogens with one attached hydrogen (secondary N) is 3. The summed E-state index contributed by atoms with van der Waals surface area (Å²) in [4.78, 5) is 5.87. The normalized spacial score (nSPS) is 16.6. The monoisotopic (exact) mass is 565 g/mol. The summed E-state index contributed by atoms with van der Waals surface area (Å²) in [5, 5.41) is 6.41. The Hall–Kier alpha value is -2.15. The summed E-state index contributed by atoms with van der Waals surface area (Å²) in [6.07, 6.45) is 1.79. The standard InChI is InChI=1S/C20H25F2N5O2S.HI/c1-23-20(24-12-14-6-3-4-9-18(14)26-30(2,28)29)25-15-10-11-27(13-15)19-16(21)7-5-8-17(19)22;/h3-9,15,26H,10-13H2,1-2H3,(H2,23,24,25);1H. The number of para-hydroxylation sites is 2. The highest BCUT2D eigenvalue weighted by molar-refractivity contribution is 14.0. The van der Waals surface area contributed by atoms with E-state index in [2.05, 4.69) is 20.3 Å². The minimum atomic E-state index is -3.39. The van der Waals surface area contributed by atoms with Crippen LogP contribution in [-0.4, -0.2) is 46.8 Å². The number of benzene rings is 2. The number of aliphatic imine (C=N–C) groups is 1. The van der Waals surface area contributed by atoms with Gasteiger partial charge in [-0.3, -0.25) is 9.71 Å². The largest absolute Gasteiger partial charge is 0.365 e. The van der Waals surface area contributed by atoms with Gasteiger partial charge < -0.3 is 15.5 Å². The number of guanidine groups is 1. The van der Waals surface area contributed by atoms with Crippen molar-refractivity contribution in [3.63, 3.8) is 0 Å². The highest BCUT2D eigenvalue weighted by atomic mass is 127. The third kappa shape index (κ3) is 6.92. The van der Waals surface area contributed by atoms with Crippen LogP contribution in [-0.2, 0) is 16.6 Å². The molecule has 7 nitrogen and oxygen atoms in total. The molecule has 11 heteroatoms. The molecule has 3 rings (SSSR count). The average molecular weight is 565 g/mol. The average Bonchev–Trinajstić information content (AvgIpc) is 3.13. The van der Waals surface area contributed by atoms with Crippen molar-refractivity contribution in [1.82, 2.24) is 10.6 Å². The summed E-state index contributed by atoms with van der Waals surface area (Å²) in [5.74, 6) is -0.633. The van der Waals surface area contributed by atoms with E-state index in [1.807, 2.05) is 12.1 Å². The molecule has 1 atom stereocenters. The van der Waals surface area contributed by atoms with Crippen LogP contribution in [0.3, 0.4) is 0 Å². The number of hydrogen-bond donors (Lipinski definition) is 3. The predicted molar refractivity (Wildman–Crippen MR) is 131 cm³/mol. The van der Waals surface area contributed by atoms with Gasteiger partial charge in [-0.2, -0.15) is 0 Å². The van der Waals surface area contributed by atoms with Crippen LogP contribution in [0.15, 0.2) is 47.5 Å². The minimum absolute atomic E-state index is 0. The molecule has 0 aliphatic carbocycles. The lowest BCUT2D eigenvalue weighted by Gasteiger charge is -2.21. The van der Waals surface area contributed by atoms with Gasteiger partial charge >= 0.3 is 0 Å². The highest BCUT2D eigenvalue weighted by Gasteiger charge is 2.27. The smallest absolute Gasteiger partial charge is 0.229 e. The molecule has 0 aromatic heterocycles. The predicted octanol–water partition coefficient (Wildman–Crippen LogP) is 2.90. The molecule has 0 saturated carbocycles. The Morgan fingerprint density at radius 2 is 1.84 bits per heavy atom. The Morgan fingerprint density at radius 3 is 2.48 bits per heavy atom. The molecule has 0 amide bonds. The van der Waals surface area contributed by atoms with Crippen LogP contribution in [0.1, 0.15) is 12.0 Å². The summed E-state index contributed by atoms with van der Waals surface area (Å²) in [6, 6.07) is 10.9. The van der Waals surface area contributed by atoms with Gasteiger partial charge in [0.2, 0.25) is 10.0 Å². The summed E-state index contributed by atoms with van der Waals surface area (Å²) in [5.41, 5.74) is 1.24. The SMILES string of the molecule is CN=C(NCc1ccccc1NS(C)(=O)=O)NC1CCN(c2c(F)cccc2F)C1.I. The van der Waals surface area contributed by atoms with E-state index in [-0.39, 0.29) is 35.7 Å². The van der Waals surface area contributed by atoms with Gasteiger partial charge in [0, 0.05) is 32.7 Å². The van der Waals surface area contributed by atoms with Crippen LogP contribution in [0.5, 0.6) is 0 Å². The molecule has 0 bridgehead atoms. The van der Waals surface area contributed by atoms with E-state index in [1.165, 1.54) is 18.2 Å². The molecule has 1 unspecified atom stereocenters. The van der Waals surface area contributed by atoms with Crippen molar-refractivity contribution in [2.45, 2.75) is 19.0 Å². The van der Waals surface area contributed by atoms with E-state index in [9.17, 15) is 17.2 Å². The second-order valence-electron chi connectivity index (χ2n) is 7.10. The maximum absolute atomic E-state index is 14.0. The van der Waals surface area contributed by atoms with Crippen LogP contribution in [0.25, 0.3) is 0 Å². The van der Waals surface area contributed by atoms with Crippen LogP contribution in [0.4, 0.5) is 20.2 Å². The minimum Gasteiger partial charge on any atom is -0.365 e. The zero-order valence-electron chi connectivity index (χ0n) is 17.2. The van der Waals surface area contributed by atoms with Crippen LogP contribution in [0, 0.1) is 11.6 Å². The number of rotatable bonds is 6. The first-order valence-electron chi connectivity index (χ1n) is 9.48. The molecule has 3 N–H and O–H groups in total. The topological polar surface area (TPSA) is 85.8 Å². The fourth-order valence-electron chi connectivity index (χ4n) is 3.41. The second-order valence-corrected chi connectivity index (χ2v) is 8.85. The lowest BCUT2D eigenvalue weighted by Crippen LogP contribution is -2.44. The number of hydrogen-bond acceptors (Lipinski definition) is 4. The van der Waals surface area contributed by atoms with Crippen LogP contribution < -0.4 is 20.3 Å². The number of halogens is 3. The third-order valence-electron chi connectivity index (χ3n) is 4.77. The Kier molecular flexibility index (Phi) is 8.86. The molecule has 1 heterocycles. The molecule has 1 fully saturated rings. The van der Waals surface area contributed by atoms with Crippen LogP contribution in [0.2, 0.25) is 0 Å².